The summed E-state index contributed by atoms with van der Waals surface area (Å²) < 4.78 is 0. The summed E-state index contributed by atoms with van der Waals surface area (Å²) >= 11 is 0. The van der Waals surface area contributed by atoms with E-state index in [1.54, 1.807) is 0 Å². The van der Waals surface area contributed by atoms with E-state index in [9.17, 15) is 0 Å². The maximum absolute atomic E-state index is 5.77. The summed E-state index contributed by atoms with van der Waals surface area (Å²) in [6.07, 6.45) is 6.53. The first-order valence-corrected chi connectivity index (χ1v) is 6.93. The lowest BCUT2D eigenvalue weighted by Crippen LogP contribution is -2.38. The van der Waals surface area contributed by atoms with Crippen LogP contribution < -0.4 is 10.6 Å². The number of hydrogen-bond acceptors (Lipinski definition) is 2. The van der Waals surface area contributed by atoms with Crippen LogP contribution in [0.5, 0.6) is 0 Å². The molecule has 2 N–H and O–H groups in total. The van der Waals surface area contributed by atoms with Crippen molar-refractivity contribution in [3.8, 4) is 0 Å². The van der Waals surface area contributed by atoms with Crippen LogP contribution in [0.25, 0.3) is 0 Å². The molecule has 2 nitrogen and oxygen atoms in total. The van der Waals surface area contributed by atoms with Gasteiger partial charge in [0, 0.05) is 18.3 Å². The first-order chi connectivity index (χ1) is 8.38. The molecular weight excluding hydrogens is 208 g/mol. The maximum Gasteiger partial charge on any atom is 0.0402 e. The van der Waals surface area contributed by atoms with Crippen LogP contribution >= 0.6 is 0 Å². The van der Waals surface area contributed by atoms with E-state index in [2.05, 4.69) is 29.2 Å². The first kappa shape index (κ1) is 11.1. The summed E-state index contributed by atoms with van der Waals surface area (Å²) in [7, 11) is 0. The van der Waals surface area contributed by atoms with Gasteiger partial charge in [-0.2, -0.15) is 0 Å². The second-order valence-corrected chi connectivity index (χ2v) is 5.48. The van der Waals surface area contributed by atoms with Crippen molar-refractivity contribution in [3.63, 3.8) is 0 Å². The first-order valence-electron chi connectivity index (χ1n) is 6.93. The van der Waals surface area contributed by atoms with Gasteiger partial charge in [0.1, 0.15) is 0 Å². The van der Waals surface area contributed by atoms with Gasteiger partial charge in [-0.1, -0.05) is 18.2 Å². The molecule has 2 heteroatoms. The van der Waals surface area contributed by atoms with Gasteiger partial charge in [0.05, 0.1) is 0 Å². The molecule has 0 amide bonds. The van der Waals surface area contributed by atoms with Crippen LogP contribution in [0.1, 0.15) is 31.2 Å². The Bertz CT molecular complexity index is 380. The van der Waals surface area contributed by atoms with Crippen LogP contribution in [0.2, 0.25) is 0 Å². The molecule has 92 valence electrons. The van der Waals surface area contributed by atoms with Gasteiger partial charge in [-0.05, 0) is 56.2 Å². The lowest BCUT2D eigenvalue weighted by atomic mass is 9.85. The van der Waals surface area contributed by atoms with E-state index in [4.69, 9.17) is 5.73 Å². The molecular formula is C15H22N2. The second-order valence-electron chi connectivity index (χ2n) is 5.48. The number of benzene rings is 1. The van der Waals surface area contributed by atoms with Crippen molar-refractivity contribution in [1.82, 2.24) is 0 Å². The van der Waals surface area contributed by atoms with Gasteiger partial charge in [0.25, 0.3) is 0 Å². The fraction of sp³-hybridized carbons (Fsp3) is 0.600. The molecule has 3 rings (SSSR count). The van der Waals surface area contributed by atoms with E-state index in [-0.39, 0.29) is 0 Å². The number of nitrogens with zero attached hydrogens (tertiary/aromatic N) is 1. The molecule has 0 radical (unpaired) electrons. The zero-order valence-electron chi connectivity index (χ0n) is 10.4. The highest BCUT2D eigenvalue weighted by Crippen LogP contribution is 2.35. The normalized spacial score (nSPS) is 28.2. The molecule has 1 aliphatic heterocycles. The molecule has 0 spiro atoms. The fourth-order valence-electron chi connectivity index (χ4n) is 3.44. The Balaban J connectivity index is 1.71. The van der Waals surface area contributed by atoms with E-state index >= 15 is 0 Å². The van der Waals surface area contributed by atoms with Crippen molar-refractivity contribution in [2.24, 2.45) is 11.7 Å². The molecule has 1 aliphatic carbocycles. The monoisotopic (exact) mass is 230 g/mol. The van der Waals surface area contributed by atoms with Crippen LogP contribution in [0.4, 0.5) is 5.69 Å². The number of nitrogens with two attached hydrogens (primary N) is 1. The lowest BCUT2D eigenvalue weighted by Gasteiger charge is -2.36. The molecule has 2 aliphatic rings. The third-order valence-corrected chi connectivity index (χ3v) is 4.51. The van der Waals surface area contributed by atoms with E-state index in [0.29, 0.717) is 0 Å². The molecule has 1 aromatic carbocycles. The SMILES string of the molecule is NCC1CCC(N2CCc3ccccc32)CC1. The number of para-hydroxylation sites is 1. The van der Waals surface area contributed by atoms with Crippen LogP contribution in [0, 0.1) is 5.92 Å². The summed E-state index contributed by atoms with van der Waals surface area (Å²) in [4.78, 5) is 2.64. The van der Waals surface area contributed by atoms with Gasteiger partial charge >= 0.3 is 0 Å². The van der Waals surface area contributed by atoms with E-state index in [1.807, 2.05) is 0 Å². The van der Waals surface area contributed by atoms with Gasteiger partial charge in [-0.3, -0.25) is 0 Å². The Morgan fingerprint density at radius 2 is 1.88 bits per heavy atom. The summed E-state index contributed by atoms with van der Waals surface area (Å²) in [6.45, 7) is 2.10. The van der Waals surface area contributed by atoms with E-state index in [0.717, 1.165) is 18.5 Å². The Morgan fingerprint density at radius 3 is 2.65 bits per heavy atom. The van der Waals surface area contributed by atoms with Gasteiger partial charge < -0.3 is 10.6 Å². The van der Waals surface area contributed by atoms with Crippen LogP contribution in [-0.4, -0.2) is 19.1 Å². The molecule has 0 aromatic heterocycles. The van der Waals surface area contributed by atoms with Crippen molar-refractivity contribution in [1.29, 1.82) is 0 Å². The van der Waals surface area contributed by atoms with Crippen molar-refractivity contribution >= 4 is 5.69 Å². The van der Waals surface area contributed by atoms with Gasteiger partial charge in [0.2, 0.25) is 0 Å². The predicted molar refractivity (Wildman–Crippen MR) is 72.3 cm³/mol. The molecule has 1 heterocycles. The Morgan fingerprint density at radius 1 is 1.12 bits per heavy atom. The molecule has 1 saturated carbocycles. The highest BCUT2D eigenvalue weighted by Gasteiger charge is 2.29. The third-order valence-electron chi connectivity index (χ3n) is 4.51. The van der Waals surface area contributed by atoms with Crippen LogP contribution in [-0.2, 0) is 6.42 Å². The minimum absolute atomic E-state index is 0.765. The Kier molecular flexibility index (Phi) is 3.06. The highest BCUT2D eigenvalue weighted by atomic mass is 15.2. The zero-order chi connectivity index (χ0) is 11.7. The number of rotatable bonds is 2. The lowest BCUT2D eigenvalue weighted by molar-refractivity contribution is 0.323. The fourth-order valence-corrected chi connectivity index (χ4v) is 3.44. The molecule has 1 fully saturated rings. The molecule has 0 saturated heterocycles. The summed E-state index contributed by atoms with van der Waals surface area (Å²) in [5.41, 5.74) is 8.79. The van der Waals surface area contributed by atoms with Crippen LogP contribution in [0.15, 0.2) is 24.3 Å². The predicted octanol–water partition coefficient (Wildman–Crippen LogP) is 2.57. The molecule has 17 heavy (non-hydrogen) atoms. The minimum Gasteiger partial charge on any atom is -0.368 e. The summed E-state index contributed by atoms with van der Waals surface area (Å²) in [5, 5.41) is 0. The standard InChI is InChI=1S/C15H22N2/c16-11-12-5-7-14(8-6-12)17-10-9-13-3-1-2-4-15(13)17/h1-4,12,14H,5-11,16H2. The maximum atomic E-state index is 5.77. The second kappa shape index (κ2) is 4.69. The summed E-state index contributed by atoms with van der Waals surface area (Å²) in [6, 6.07) is 9.66. The van der Waals surface area contributed by atoms with Crippen LogP contribution in [0.3, 0.4) is 0 Å². The summed E-state index contributed by atoms with van der Waals surface area (Å²) in [5.74, 6) is 0.782. The average molecular weight is 230 g/mol. The highest BCUT2D eigenvalue weighted by molar-refractivity contribution is 5.58. The van der Waals surface area contributed by atoms with Gasteiger partial charge in [0.15, 0.2) is 0 Å². The largest absolute Gasteiger partial charge is 0.368 e. The quantitative estimate of drug-likeness (QED) is 0.846. The van der Waals surface area contributed by atoms with E-state index < -0.39 is 0 Å². The van der Waals surface area contributed by atoms with Crippen molar-refractivity contribution in [2.45, 2.75) is 38.1 Å². The average Bonchev–Trinajstić information content (AvgIpc) is 2.83. The number of hydrogen-bond donors (Lipinski definition) is 1. The zero-order valence-corrected chi connectivity index (χ0v) is 10.4. The smallest absolute Gasteiger partial charge is 0.0402 e. The van der Waals surface area contributed by atoms with Crippen molar-refractivity contribution in [3.05, 3.63) is 29.8 Å². The minimum atomic E-state index is 0.765. The van der Waals surface area contributed by atoms with Gasteiger partial charge in [-0.15, -0.1) is 0 Å². The number of anilines is 1. The van der Waals surface area contributed by atoms with Crippen molar-refractivity contribution in [2.75, 3.05) is 18.0 Å². The topological polar surface area (TPSA) is 29.3 Å². The van der Waals surface area contributed by atoms with Crippen molar-refractivity contribution < 1.29 is 0 Å². The Labute approximate surface area is 104 Å². The van der Waals surface area contributed by atoms with E-state index in [1.165, 1.54) is 49.9 Å². The molecule has 0 unspecified atom stereocenters. The molecule has 0 bridgehead atoms. The molecule has 1 aromatic rings. The third kappa shape index (κ3) is 2.06. The Hall–Kier alpha value is -1.02. The number of fused-ring (bicyclic) bond motifs is 1. The van der Waals surface area contributed by atoms with Gasteiger partial charge in [-0.25, -0.2) is 0 Å². The molecule has 0 atom stereocenters.